The fraction of sp³-hybridized carbons (Fsp3) is 0.231. The molecular formula is C65H60N2Si. The summed E-state index contributed by atoms with van der Waals surface area (Å²) in [7, 11) is -1.73. The van der Waals surface area contributed by atoms with Crippen molar-refractivity contribution in [2.45, 2.75) is 88.0 Å². The van der Waals surface area contributed by atoms with Gasteiger partial charge in [-0.3, -0.25) is 0 Å². The molecule has 0 bridgehead atoms. The zero-order chi connectivity index (χ0) is 45.8. The minimum absolute atomic E-state index is 0.0431. The van der Waals surface area contributed by atoms with Gasteiger partial charge >= 0.3 is 0 Å². The predicted molar refractivity (Wildman–Crippen MR) is 293 cm³/mol. The van der Waals surface area contributed by atoms with Crippen LogP contribution >= 0.6 is 0 Å². The van der Waals surface area contributed by atoms with Gasteiger partial charge in [0.1, 0.15) is 0 Å². The zero-order valence-corrected chi connectivity index (χ0v) is 40.9. The molecule has 1 spiro atoms. The third kappa shape index (κ3) is 6.14. The van der Waals surface area contributed by atoms with E-state index < -0.39 is 8.07 Å². The van der Waals surface area contributed by atoms with Crippen LogP contribution in [0.5, 0.6) is 0 Å². The highest BCUT2D eigenvalue weighted by Crippen LogP contribution is 2.58. The van der Waals surface area contributed by atoms with E-state index in [-0.39, 0.29) is 17.0 Å². The van der Waals surface area contributed by atoms with Crippen LogP contribution in [0.4, 0.5) is 17.1 Å². The highest BCUT2D eigenvalue weighted by atomic mass is 28.3. The van der Waals surface area contributed by atoms with E-state index in [0.717, 1.165) is 12.8 Å². The standard InChI is InChI=1S/C65H60N2Si/c1-44-56(67-60-23-11-12-24-61(60)68(41-15-16-42-68)62-25-13-14-40-65(62,67)4)38-37-54-52-35-30-46(43-55(52)64(2,3)63(44)54)27-26-45-28-31-47(32-29-45)50-36-39-59(53-20-8-7-19-51(50)53)66-57-21-9-5-17-48(57)33-34-49-18-6-10-22-58(49)66/h5,7-14,17,19-40,43-44,56,62H,6,15-16,18,41-42H2,1-4H3. The lowest BCUT2D eigenvalue weighted by molar-refractivity contribution is 0.398. The molecule has 2 nitrogen and oxygen atoms in total. The smallest absolute Gasteiger partial charge is 0.0989 e. The molecule has 3 heterocycles. The van der Waals surface area contributed by atoms with Gasteiger partial charge in [-0.15, -0.1) is 0 Å². The minimum atomic E-state index is -1.73. The topological polar surface area (TPSA) is 6.48 Å². The first-order chi connectivity index (χ1) is 33.2. The normalized spacial score (nSPS) is 24.6. The van der Waals surface area contributed by atoms with E-state index in [1.54, 1.807) is 10.8 Å². The highest BCUT2D eigenvalue weighted by Gasteiger charge is 2.60. The minimum Gasteiger partial charge on any atom is -0.355 e. The van der Waals surface area contributed by atoms with Crippen LogP contribution in [0.3, 0.4) is 0 Å². The number of para-hydroxylation sites is 2. The average Bonchev–Trinajstić information content (AvgIpc) is 3.89. The number of anilines is 3. The summed E-state index contributed by atoms with van der Waals surface area (Å²) in [6.45, 7) is 10.1. The first-order valence-corrected chi connectivity index (χ1v) is 27.8. The number of benzene rings is 6. The van der Waals surface area contributed by atoms with E-state index in [1.165, 1.54) is 109 Å². The van der Waals surface area contributed by atoms with Gasteiger partial charge in [0.2, 0.25) is 0 Å². The van der Waals surface area contributed by atoms with Crippen molar-refractivity contribution < 1.29 is 0 Å². The first kappa shape index (κ1) is 41.5. The van der Waals surface area contributed by atoms with Crippen molar-refractivity contribution in [3.8, 4) is 11.1 Å². The van der Waals surface area contributed by atoms with Crippen LogP contribution in [0.15, 0.2) is 199 Å². The van der Waals surface area contributed by atoms with Gasteiger partial charge in [0.15, 0.2) is 0 Å². The Hall–Kier alpha value is -6.68. The number of hydrogen-bond acceptors (Lipinski definition) is 2. The SMILES string of the molecule is CC1C2=C(C=CC1N1c3ccccc3[Si]3(CCCC3)C3C=CC=CC31C)c1ccc(C=Cc3ccc(-c4ccc(N5C6=C(C=Cc7ccccc75)CCC=C6)c5ccccc45)cc3)cc1C2(C)C. The summed E-state index contributed by atoms with van der Waals surface area (Å²) in [5.41, 5.74) is 19.1. The van der Waals surface area contributed by atoms with Crippen LogP contribution in [0, 0.1) is 5.92 Å². The monoisotopic (exact) mass is 896 g/mol. The lowest BCUT2D eigenvalue weighted by Gasteiger charge is -2.60. The molecule has 0 amide bonds. The molecule has 6 aromatic rings. The molecule has 1 fully saturated rings. The molecule has 1 saturated heterocycles. The van der Waals surface area contributed by atoms with E-state index in [1.807, 2.05) is 0 Å². The molecule has 7 aliphatic rings. The van der Waals surface area contributed by atoms with Gasteiger partial charge in [0, 0.05) is 33.6 Å². The molecule has 13 rings (SSSR count). The van der Waals surface area contributed by atoms with Gasteiger partial charge in [0.25, 0.3) is 0 Å². The molecule has 4 atom stereocenters. The first-order valence-electron chi connectivity index (χ1n) is 25.3. The summed E-state index contributed by atoms with van der Waals surface area (Å²) in [6, 6.07) is 51.5. The second kappa shape index (κ2) is 15.7. The molecule has 0 radical (unpaired) electrons. The summed E-state index contributed by atoms with van der Waals surface area (Å²) in [6.07, 6.45) is 33.7. The van der Waals surface area contributed by atoms with Crippen LogP contribution in [0.25, 0.3) is 45.7 Å². The quantitative estimate of drug-likeness (QED) is 0.126. The van der Waals surface area contributed by atoms with Crippen LogP contribution in [-0.4, -0.2) is 19.7 Å². The molecule has 0 aromatic heterocycles. The lowest BCUT2D eigenvalue weighted by atomic mass is 9.71. The number of nitrogens with zero attached hydrogens (tertiary/aromatic N) is 2. The molecule has 6 aromatic carbocycles. The van der Waals surface area contributed by atoms with Gasteiger partial charge in [-0.25, -0.2) is 0 Å². The Balaban J connectivity index is 0.779. The molecule has 4 unspecified atom stereocenters. The molecule has 0 N–H and O–H groups in total. The third-order valence-electron chi connectivity index (χ3n) is 17.4. The van der Waals surface area contributed by atoms with Crippen LogP contribution in [0.2, 0.25) is 17.6 Å². The van der Waals surface area contributed by atoms with Gasteiger partial charge < -0.3 is 9.80 Å². The second-order valence-electron chi connectivity index (χ2n) is 21.3. The summed E-state index contributed by atoms with van der Waals surface area (Å²) >= 11 is 0. The van der Waals surface area contributed by atoms with Crippen molar-refractivity contribution in [3.63, 3.8) is 0 Å². The number of hydrogen-bond donors (Lipinski definition) is 0. The molecule has 334 valence electrons. The van der Waals surface area contributed by atoms with Crippen molar-refractivity contribution in [2.75, 3.05) is 9.80 Å². The summed E-state index contributed by atoms with van der Waals surface area (Å²) in [4.78, 5) is 5.36. The Kier molecular flexibility index (Phi) is 9.57. The van der Waals surface area contributed by atoms with Crippen molar-refractivity contribution in [3.05, 3.63) is 227 Å². The Morgan fingerprint density at radius 3 is 2.24 bits per heavy atom. The predicted octanol–water partition coefficient (Wildman–Crippen LogP) is 16.3. The van der Waals surface area contributed by atoms with Crippen LogP contribution in [0.1, 0.15) is 81.2 Å². The lowest BCUT2D eigenvalue weighted by Crippen LogP contribution is -2.70. The summed E-state index contributed by atoms with van der Waals surface area (Å²) in [5, 5.41) is 4.23. The number of rotatable bonds is 5. The van der Waals surface area contributed by atoms with Crippen LogP contribution in [-0.2, 0) is 5.41 Å². The number of fused-ring (bicyclic) bond motifs is 8. The second-order valence-corrected chi connectivity index (χ2v) is 25.8. The van der Waals surface area contributed by atoms with E-state index in [0.29, 0.717) is 11.5 Å². The van der Waals surface area contributed by atoms with E-state index in [2.05, 4.69) is 238 Å². The Morgan fingerprint density at radius 1 is 0.647 bits per heavy atom. The Labute approximate surface area is 404 Å². The van der Waals surface area contributed by atoms with Gasteiger partial charge in [-0.05, 0) is 110 Å². The third-order valence-corrected chi connectivity index (χ3v) is 23.3. The number of allylic oxidation sites excluding steroid dienone is 8. The zero-order valence-electron chi connectivity index (χ0n) is 39.9. The highest BCUT2D eigenvalue weighted by molar-refractivity contribution is 6.95. The van der Waals surface area contributed by atoms with Crippen molar-refractivity contribution in [1.82, 2.24) is 0 Å². The van der Waals surface area contributed by atoms with Crippen molar-refractivity contribution in [2.24, 2.45) is 5.92 Å². The maximum absolute atomic E-state index is 2.87. The van der Waals surface area contributed by atoms with Gasteiger partial charge in [0.05, 0.1) is 31.0 Å². The fourth-order valence-corrected chi connectivity index (χ4v) is 20.8. The average molecular weight is 897 g/mol. The van der Waals surface area contributed by atoms with Crippen LogP contribution < -0.4 is 15.0 Å². The largest absolute Gasteiger partial charge is 0.355 e. The maximum Gasteiger partial charge on any atom is 0.0989 e. The Morgan fingerprint density at radius 2 is 1.38 bits per heavy atom. The molecule has 68 heavy (non-hydrogen) atoms. The summed E-state index contributed by atoms with van der Waals surface area (Å²) in [5.74, 6) is 0.356. The van der Waals surface area contributed by atoms with E-state index in [9.17, 15) is 0 Å². The summed E-state index contributed by atoms with van der Waals surface area (Å²) < 4.78 is 0. The molecule has 3 aliphatic heterocycles. The molecule has 4 aliphatic carbocycles. The fourth-order valence-electron chi connectivity index (χ4n) is 14.3. The van der Waals surface area contributed by atoms with Gasteiger partial charge in [-0.1, -0.05) is 222 Å². The molecule has 3 heteroatoms. The van der Waals surface area contributed by atoms with Crippen molar-refractivity contribution >= 4 is 64.9 Å². The van der Waals surface area contributed by atoms with Crippen molar-refractivity contribution in [1.29, 1.82) is 0 Å². The van der Waals surface area contributed by atoms with E-state index in [4.69, 9.17) is 0 Å². The molecular weight excluding hydrogens is 837 g/mol. The van der Waals surface area contributed by atoms with E-state index >= 15 is 0 Å². The maximum atomic E-state index is 2.87. The Bertz CT molecular complexity index is 3320. The van der Waals surface area contributed by atoms with Gasteiger partial charge in [-0.2, -0.15) is 0 Å². The molecule has 0 saturated carbocycles.